The van der Waals surface area contributed by atoms with Crippen molar-refractivity contribution in [3.8, 4) is 0 Å². The number of carbonyl (C=O) groups excluding carboxylic acids is 1. The number of hydrogen-bond acceptors (Lipinski definition) is 4. The van der Waals surface area contributed by atoms with E-state index in [4.69, 9.17) is 14.2 Å². The van der Waals surface area contributed by atoms with Gasteiger partial charge >= 0.3 is 5.97 Å². The van der Waals surface area contributed by atoms with Gasteiger partial charge in [-0.2, -0.15) is 0 Å². The van der Waals surface area contributed by atoms with Crippen molar-refractivity contribution in [3.05, 3.63) is 0 Å². The minimum atomic E-state index is -0.639. The Morgan fingerprint density at radius 3 is 2.41 bits per heavy atom. The van der Waals surface area contributed by atoms with Crippen molar-refractivity contribution in [2.45, 2.75) is 59.0 Å². The van der Waals surface area contributed by atoms with Crippen LogP contribution in [0.4, 0.5) is 0 Å². The van der Waals surface area contributed by atoms with Crippen LogP contribution in [0.1, 0.15) is 41.0 Å². The predicted molar refractivity (Wildman–Crippen MR) is 64.5 cm³/mol. The van der Waals surface area contributed by atoms with Crippen LogP contribution in [0, 0.1) is 11.8 Å². The molecule has 0 amide bonds. The molecule has 1 fully saturated rings. The Balaban J connectivity index is 2.78. The van der Waals surface area contributed by atoms with Gasteiger partial charge in [0.25, 0.3) is 0 Å². The molecular formula is C13H24O4. The molecule has 1 aliphatic heterocycles. The van der Waals surface area contributed by atoms with Crippen molar-refractivity contribution < 1.29 is 19.0 Å². The second-order valence-electron chi connectivity index (χ2n) is 5.52. The van der Waals surface area contributed by atoms with Gasteiger partial charge in [0.15, 0.2) is 5.79 Å². The van der Waals surface area contributed by atoms with E-state index in [0.29, 0.717) is 5.92 Å². The quantitative estimate of drug-likeness (QED) is 0.715. The first-order chi connectivity index (χ1) is 7.76. The minimum Gasteiger partial charge on any atom is -0.469 e. The van der Waals surface area contributed by atoms with E-state index < -0.39 is 5.79 Å². The largest absolute Gasteiger partial charge is 0.469 e. The molecule has 0 aromatic carbocycles. The summed E-state index contributed by atoms with van der Waals surface area (Å²) >= 11 is 0. The maximum atomic E-state index is 11.4. The van der Waals surface area contributed by atoms with E-state index in [2.05, 4.69) is 20.8 Å². The molecule has 1 aliphatic rings. The molecule has 1 saturated heterocycles. The first kappa shape index (κ1) is 14.5. The van der Waals surface area contributed by atoms with Gasteiger partial charge in [0, 0.05) is 5.92 Å². The van der Waals surface area contributed by atoms with Crippen LogP contribution in [0.15, 0.2) is 0 Å². The summed E-state index contributed by atoms with van der Waals surface area (Å²) in [5.74, 6) is -0.294. The molecular weight excluding hydrogens is 220 g/mol. The van der Waals surface area contributed by atoms with Crippen LogP contribution in [-0.4, -0.2) is 31.1 Å². The van der Waals surface area contributed by atoms with Crippen molar-refractivity contribution in [1.82, 2.24) is 0 Å². The van der Waals surface area contributed by atoms with Gasteiger partial charge in [0.1, 0.15) is 0 Å². The van der Waals surface area contributed by atoms with Gasteiger partial charge < -0.3 is 14.2 Å². The molecule has 0 aromatic heterocycles. The second kappa shape index (κ2) is 5.36. The van der Waals surface area contributed by atoms with Crippen LogP contribution in [0.5, 0.6) is 0 Å². The molecule has 0 N–H and O–H groups in total. The van der Waals surface area contributed by atoms with E-state index in [1.165, 1.54) is 7.11 Å². The first-order valence-corrected chi connectivity index (χ1v) is 6.19. The third-order valence-electron chi connectivity index (χ3n) is 3.21. The number of hydrogen-bond donors (Lipinski definition) is 0. The van der Waals surface area contributed by atoms with Crippen LogP contribution < -0.4 is 0 Å². The highest BCUT2D eigenvalue weighted by molar-refractivity contribution is 5.69. The monoisotopic (exact) mass is 244 g/mol. The summed E-state index contributed by atoms with van der Waals surface area (Å²) in [5.41, 5.74) is 0. The third-order valence-corrected chi connectivity index (χ3v) is 3.21. The maximum absolute atomic E-state index is 11.4. The Morgan fingerprint density at radius 2 is 1.94 bits per heavy atom. The van der Waals surface area contributed by atoms with Gasteiger partial charge in [-0.25, -0.2) is 0 Å². The Morgan fingerprint density at radius 1 is 1.35 bits per heavy atom. The predicted octanol–water partition coefficient (Wildman–Crippen LogP) is 2.36. The zero-order chi connectivity index (χ0) is 13.2. The Hall–Kier alpha value is -0.610. The maximum Gasteiger partial charge on any atom is 0.308 e. The van der Waals surface area contributed by atoms with Gasteiger partial charge in [-0.15, -0.1) is 0 Å². The standard InChI is InChI=1S/C13H24O4/c1-8(2)12-9(3)10(7-11(14)15-6)16-13(4,5)17-12/h8-10,12H,7H2,1-6H3/t9-,10+,12+/m0/s1. The molecule has 0 aliphatic carbocycles. The topological polar surface area (TPSA) is 44.8 Å². The second-order valence-corrected chi connectivity index (χ2v) is 5.52. The zero-order valence-corrected chi connectivity index (χ0v) is 11.6. The molecule has 0 bridgehead atoms. The van der Waals surface area contributed by atoms with Crippen molar-refractivity contribution >= 4 is 5.97 Å². The summed E-state index contributed by atoms with van der Waals surface area (Å²) < 4.78 is 16.4. The highest BCUT2D eigenvalue weighted by Gasteiger charge is 2.42. The number of ether oxygens (including phenoxy) is 3. The molecule has 17 heavy (non-hydrogen) atoms. The summed E-state index contributed by atoms with van der Waals surface area (Å²) in [7, 11) is 1.40. The van der Waals surface area contributed by atoms with Crippen LogP contribution in [0.3, 0.4) is 0 Å². The lowest BCUT2D eigenvalue weighted by molar-refractivity contribution is -0.325. The molecule has 3 atom stereocenters. The fourth-order valence-corrected chi connectivity index (χ4v) is 2.36. The summed E-state index contributed by atoms with van der Waals surface area (Å²) in [6, 6.07) is 0. The molecule has 1 heterocycles. The highest BCUT2D eigenvalue weighted by Crippen LogP contribution is 2.35. The molecule has 0 saturated carbocycles. The van der Waals surface area contributed by atoms with E-state index in [-0.39, 0.29) is 30.5 Å². The molecule has 0 unspecified atom stereocenters. The number of rotatable bonds is 3. The first-order valence-electron chi connectivity index (χ1n) is 6.19. The lowest BCUT2D eigenvalue weighted by Crippen LogP contribution is -2.52. The van der Waals surface area contributed by atoms with E-state index in [0.717, 1.165) is 0 Å². The van der Waals surface area contributed by atoms with E-state index in [1.54, 1.807) is 0 Å². The fraction of sp³-hybridized carbons (Fsp3) is 0.923. The molecule has 100 valence electrons. The highest BCUT2D eigenvalue weighted by atomic mass is 16.7. The summed E-state index contributed by atoms with van der Waals surface area (Å²) in [6.07, 6.45) is 0.250. The van der Waals surface area contributed by atoms with E-state index in [1.807, 2.05) is 13.8 Å². The van der Waals surface area contributed by atoms with Crippen LogP contribution in [-0.2, 0) is 19.0 Å². The number of methoxy groups -OCH3 is 1. The van der Waals surface area contributed by atoms with Gasteiger partial charge in [-0.1, -0.05) is 20.8 Å². The van der Waals surface area contributed by atoms with Gasteiger partial charge in [0.2, 0.25) is 0 Å². The summed E-state index contributed by atoms with van der Waals surface area (Å²) in [4.78, 5) is 11.4. The average Bonchev–Trinajstić information content (AvgIpc) is 2.22. The molecule has 0 aromatic rings. The molecule has 0 spiro atoms. The van der Waals surface area contributed by atoms with Crippen molar-refractivity contribution in [2.75, 3.05) is 7.11 Å². The van der Waals surface area contributed by atoms with Gasteiger partial charge in [-0.3, -0.25) is 4.79 Å². The van der Waals surface area contributed by atoms with E-state index >= 15 is 0 Å². The average molecular weight is 244 g/mol. The number of esters is 1. The van der Waals surface area contributed by atoms with E-state index in [9.17, 15) is 4.79 Å². The zero-order valence-electron chi connectivity index (χ0n) is 11.6. The SMILES string of the molecule is COC(=O)C[C@H]1OC(C)(C)O[C@H](C(C)C)[C@H]1C. The third kappa shape index (κ3) is 3.68. The lowest BCUT2D eigenvalue weighted by atomic mass is 9.87. The Kier molecular flexibility index (Phi) is 4.55. The normalized spacial score (nSPS) is 32.5. The molecule has 1 rings (SSSR count). The van der Waals surface area contributed by atoms with Gasteiger partial charge in [0.05, 0.1) is 25.7 Å². The number of carbonyl (C=O) groups is 1. The molecule has 4 nitrogen and oxygen atoms in total. The fourth-order valence-electron chi connectivity index (χ4n) is 2.36. The summed E-state index contributed by atoms with van der Waals surface area (Å²) in [6.45, 7) is 10.1. The molecule has 4 heteroatoms. The van der Waals surface area contributed by atoms with Crippen molar-refractivity contribution in [1.29, 1.82) is 0 Å². The Bertz CT molecular complexity index is 273. The Labute approximate surface area is 104 Å². The van der Waals surface area contributed by atoms with Crippen LogP contribution in [0.2, 0.25) is 0 Å². The van der Waals surface area contributed by atoms with Gasteiger partial charge in [-0.05, 0) is 19.8 Å². The van der Waals surface area contributed by atoms with Crippen LogP contribution in [0.25, 0.3) is 0 Å². The minimum absolute atomic E-state index is 0.105. The lowest BCUT2D eigenvalue weighted by Gasteiger charge is -2.46. The smallest absolute Gasteiger partial charge is 0.308 e. The van der Waals surface area contributed by atoms with Crippen molar-refractivity contribution in [3.63, 3.8) is 0 Å². The summed E-state index contributed by atoms with van der Waals surface area (Å²) in [5, 5.41) is 0. The van der Waals surface area contributed by atoms with Crippen LogP contribution >= 0.6 is 0 Å². The molecule has 0 radical (unpaired) electrons. The van der Waals surface area contributed by atoms with Crippen molar-refractivity contribution in [2.24, 2.45) is 11.8 Å².